The second kappa shape index (κ2) is 6.53. The van der Waals surface area contributed by atoms with Gasteiger partial charge >= 0.3 is 0 Å². The van der Waals surface area contributed by atoms with Crippen molar-refractivity contribution in [3.8, 4) is 0 Å². The second-order valence-electron chi connectivity index (χ2n) is 2.37. The summed E-state index contributed by atoms with van der Waals surface area (Å²) >= 11 is 7.56. The first-order chi connectivity index (χ1) is 6.49. The first-order valence-corrected chi connectivity index (χ1v) is 7.56. The van der Waals surface area contributed by atoms with Gasteiger partial charge < -0.3 is 5.73 Å². The van der Waals surface area contributed by atoms with Crippen LogP contribution >= 0.6 is 55.6 Å². The van der Waals surface area contributed by atoms with E-state index in [2.05, 4.69) is 36.6 Å². The standard InChI is InChI=1S/C6H8Br2N2O2S2.ClH/c7-4-3-13-6(5(4)8)14(11,12)10-2-1-9;/h3,10H,1-2,9H2;1H. The van der Waals surface area contributed by atoms with E-state index in [4.69, 9.17) is 5.73 Å². The zero-order valence-corrected chi connectivity index (χ0v) is 13.0. The third kappa shape index (κ3) is 3.95. The molecule has 9 heteroatoms. The van der Waals surface area contributed by atoms with Crippen LogP contribution in [0, 0.1) is 0 Å². The Hall–Kier alpha value is 0.820. The Labute approximate surface area is 115 Å². The van der Waals surface area contributed by atoms with Crippen LogP contribution in [0.5, 0.6) is 0 Å². The van der Waals surface area contributed by atoms with Crippen LogP contribution in [0.1, 0.15) is 0 Å². The lowest BCUT2D eigenvalue weighted by molar-refractivity contribution is 0.584. The number of hydrogen-bond acceptors (Lipinski definition) is 4. The molecule has 0 fully saturated rings. The Morgan fingerprint density at radius 2 is 2.07 bits per heavy atom. The minimum absolute atomic E-state index is 0. The second-order valence-corrected chi connectivity index (χ2v) is 6.86. The molecule has 0 bridgehead atoms. The lowest BCUT2D eigenvalue weighted by Gasteiger charge is -2.03. The highest BCUT2D eigenvalue weighted by Gasteiger charge is 2.20. The van der Waals surface area contributed by atoms with Crippen molar-refractivity contribution in [1.82, 2.24) is 4.72 Å². The minimum Gasteiger partial charge on any atom is -0.329 e. The summed E-state index contributed by atoms with van der Waals surface area (Å²) in [5, 5.41) is 1.71. The Morgan fingerprint density at radius 3 is 2.47 bits per heavy atom. The van der Waals surface area contributed by atoms with Crippen molar-refractivity contribution in [1.29, 1.82) is 0 Å². The molecule has 0 spiro atoms. The van der Waals surface area contributed by atoms with Crippen LogP contribution < -0.4 is 10.5 Å². The smallest absolute Gasteiger partial charge is 0.251 e. The maximum atomic E-state index is 11.6. The average Bonchev–Trinajstić information content (AvgIpc) is 2.45. The number of nitrogens with one attached hydrogen (secondary N) is 1. The van der Waals surface area contributed by atoms with Crippen LogP contribution in [-0.4, -0.2) is 21.5 Å². The summed E-state index contributed by atoms with van der Waals surface area (Å²) in [5.74, 6) is 0. The highest BCUT2D eigenvalue weighted by Crippen LogP contribution is 2.35. The van der Waals surface area contributed by atoms with E-state index in [0.29, 0.717) is 4.47 Å². The maximum Gasteiger partial charge on any atom is 0.251 e. The molecule has 0 aliphatic carbocycles. The first-order valence-electron chi connectivity index (χ1n) is 3.61. The van der Waals surface area contributed by atoms with Gasteiger partial charge in [-0.1, -0.05) is 0 Å². The zero-order valence-electron chi connectivity index (χ0n) is 7.37. The Balaban J connectivity index is 0.00000196. The summed E-state index contributed by atoms with van der Waals surface area (Å²) in [4.78, 5) is 0. The fourth-order valence-electron chi connectivity index (χ4n) is 0.746. The predicted molar refractivity (Wildman–Crippen MR) is 71.2 cm³/mol. The van der Waals surface area contributed by atoms with E-state index in [1.165, 1.54) is 0 Å². The zero-order chi connectivity index (χ0) is 10.8. The molecule has 0 unspecified atom stereocenters. The quantitative estimate of drug-likeness (QED) is 0.811. The van der Waals surface area contributed by atoms with Crippen LogP contribution in [0.15, 0.2) is 18.5 Å². The Bertz CT molecular complexity index is 421. The first kappa shape index (κ1) is 15.8. The fraction of sp³-hybridized carbons (Fsp3) is 0.333. The molecule has 0 aliphatic rings. The molecule has 0 aromatic carbocycles. The van der Waals surface area contributed by atoms with E-state index < -0.39 is 10.0 Å². The van der Waals surface area contributed by atoms with E-state index in [0.717, 1.165) is 15.8 Å². The molecule has 15 heavy (non-hydrogen) atoms. The van der Waals surface area contributed by atoms with Crippen LogP contribution in [0.3, 0.4) is 0 Å². The fourth-order valence-corrected chi connectivity index (χ4v) is 4.91. The summed E-state index contributed by atoms with van der Waals surface area (Å²) in [6, 6.07) is 0. The van der Waals surface area contributed by atoms with Crippen molar-refractivity contribution in [2.24, 2.45) is 5.73 Å². The molecule has 0 aliphatic heterocycles. The molecule has 1 rings (SSSR count). The van der Waals surface area contributed by atoms with E-state index >= 15 is 0 Å². The normalized spacial score (nSPS) is 11.1. The van der Waals surface area contributed by atoms with Gasteiger partial charge in [0.05, 0.1) is 4.47 Å². The van der Waals surface area contributed by atoms with Crippen molar-refractivity contribution in [2.45, 2.75) is 4.21 Å². The van der Waals surface area contributed by atoms with Crippen molar-refractivity contribution in [2.75, 3.05) is 13.1 Å². The van der Waals surface area contributed by atoms with Crippen LogP contribution in [0.2, 0.25) is 0 Å². The number of thiophene rings is 1. The van der Waals surface area contributed by atoms with Gasteiger partial charge in [-0.05, 0) is 31.9 Å². The maximum absolute atomic E-state index is 11.6. The molecular weight excluding hydrogens is 391 g/mol. The van der Waals surface area contributed by atoms with E-state index in [9.17, 15) is 8.42 Å². The van der Waals surface area contributed by atoms with Gasteiger partial charge in [0.15, 0.2) is 0 Å². The van der Waals surface area contributed by atoms with Crippen LogP contribution in [-0.2, 0) is 10.0 Å². The molecule has 0 amide bonds. The van der Waals surface area contributed by atoms with Gasteiger partial charge in [0.2, 0.25) is 0 Å². The SMILES string of the molecule is Cl.NCCNS(=O)(=O)c1scc(Br)c1Br. The van der Waals surface area contributed by atoms with Crippen molar-refractivity contribution in [3.05, 3.63) is 14.3 Å². The Morgan fingerprint density at radius 1 is 1.47 bits per heavy atom. The van der Waals surface area contributed by atoms with Gasteiger partial charge in [0.1, 0.15) is 4.21 Å². The largest absolute Gasteiger partial charge is 0.329 e. The monoisotopic (exact) mass is 398 g/mol. The molecule has 0 saturated carbocycles. The van der Waals surface area contributed by atoms with Crippen molar-refractivity contribution in [3.63, 3.8) is 0 Å². The molecule has 1 aromatic heterocycles. The Kier molecular flexibility index (Phi) is 6.89. The average molecular weight is 401 g/mol. The lowest BCUT2D eigenvalue weighted by atomic mass is 10.7. The molecule has 1 aromatic rings. The van der Waals surface area contributed by atoms with Gasteiger partial charge in [0, 0.05) is 22.9 Å². The molecule has 88 valence electrons. The van der Waals surface area contributed by atoms with Gasteiger partial charge in [-0.2, -0.15) is 0 Å². The highest BCUT2D eigenvalue weighted by atomic mass is 79.9. The molecule has 4 nitrogen and oxygen atoms in total. The number of rotatable bonds is 4. The summed E-state index contributed by atoms with van der Waals surface area (Å²) in [6.45, 7) is 0.522. The van der Waals surface area contributed by atoms with Gasteiger partial charge in [-0.15, -0.1) is 23.7 Å². The minimum atomic E-state index is -3.42. The van der Waals surface area contributed by atoms with Crippen molar-refractivity contribution >= 4 is 65.6 Å². The summed E-state index contributed by atoms with van der Waals surface area (Å²) in [5.41, 5.74) is 5.21. The van der Waals surface area contributed by atoms with E-state index in [1.807, 2.05) is 0 Å². The molecule has 3 N–H and O–H groups in total. The molecule has 1 heterocycles. The van der Waals surface area contributed by atoms with Crippen molar-refractivity contribution < 1.29 is 8.42 Å². The third-order valence-corrected chi connectivity index (χ3v) is 7.14. The summed E-state index contributed by atoms with van der Waals surface area (Å²) in [6.07, 6.45) is 0. The molecular formula is C6H9Br2ClN2O2S2. The van der Waals surface area contributed by atoms with Gasteiger partial charge in [-0.3, -0.25) is 0 Å². The van der Waals surface area contributed by atoms with E-state index in [1.54, 1.807) is 5.38 Å². The summed E-state index contributed by atoms with van der Waals surface area (Å²) in [7, 11) is -3.42. The van der Waals surface area contributed by atoms with Crippen LogP contribution in [0.4, 0.5) is 0 Å². The molecule has 0 radical (unpaired) electrons. The molecule has 0 saturated heterocycles. The molecule has 0 atom stereocenters. The van der Waals surface area contributed by atoms with Gasteiger partial charge in [-0.25, -0.2) is 13.1 Å². The third-order valence-electron chi connectivity index (χ3n) is 1.34. The lowest BCUT2D eigenvalue weighted by Crippen LogP contribution is -2.28. The number of hydrogen-bond donors (Lipinski definition) is 2. The predicted octanol–water partition coefficient (Wildman–Crippen LogP) is 1.93. The highest BCUT2D eigenvalue weighted by molar-refractivity contribution is 9.13. The number of nitrogens with two attached hydrogens (primary N) is 1. The topological polar surface area (TPSA) is 72.2 Å². The number of sulfonamides is 1. The van der Waals surface area contributed by atoms with Gasteiger partial charge in [0.25, 0.3) is 10.0 Å². The summed E-state index contributed by atoms with van der Waals surface area (Å²) < 4.78 is 27.2. The number of halogens is 3. The van der Waals surface area contributed by atoms with Crippen LogP contribution in [0.25, 0.3) is 0 Å². The van der Waals surface area contributed by atoms with E-state index in [-0.39, 0.29) is 29.7 Å².